The number of urea groups is 1. The van der Waals surface area contributed by atoms with Crippen LogP contribution in [0.3, 0.4) is 0 Å². The fourth-order valence-corrected chi connectivity index (χ4v) is 2.97. The smallest absolute Gasteiger partial charge is 0.416 e. The van der Waals surface area contributed by atoms with Gasteiger partial charge in [-0.1, -0.05) is 6.07 Å². The minimum Gasteiger partial charge on any atom is -0.485 e. The first-order chi connectivity index (χ1) is 13.8. The number of hydrogen-bond acceptors (Lipinski definition) is 3. The van der Waals surface area contributed by atoms with Crippen LogP contribution in [0.15, 0.2) is 42.5 Å². The van der Waals surface area contributed by atoms with Crippen molar-refractivity contribution in [3.8, 4) is 5.75 Å². The van der Waals surface area contributed by atoms with Crippen molar-refractivity contribution in [3.05, 3.63) is 59.4 Å². The Labute approximate surface area is 170 Å². The Balaban J connectivity index is 1.75. The van der Waals surface area contributed by atoms with Gasteiger partial charge in [-0.25, -0.2) is 9.18 Å². The first kappa shape index (κ1) is 21.6. The molecule has 5 nitrogen and oxygen atoms in total. The molecule has 2 aromatic carbocycles. The maximum atomic E-state index is 14.3. The van der Waals surface area contributed by atoms with E-state index < -0.39 is 35.1 Å². The van der Waals surface area contributed by atoms with Gasteiger partial charge < -0.3 is 4.74 Å². The summed E-state index contributed by atoms with van der Waals surface area (Å²) in [6.07, 6.45) is -4.50. The summed E-state index contributed by atoms with van der Waals surface area (Å²) in [7, 11) is 0. The third-order valence-corrected chi connectivity index (χ3v) is 4.32. The van der Waals surface area contributed by atoms with Gasteiger partial charge in [-0.3, -0.25) is 14.6 Å². The van der Waals surface area contributed by atoms with Crippen LogP contribution in [0, 0.1) is 5.82 Å². The van der Waals surface area contributed by atoms with E-state index >= 15 is 0 Å². The van der Waals surface area contributed by atoms with E-state index in [2.05, 4.69) is 0 Å². The van der Waals surface area contributed by atoms with Gasteiger partial charge in [0.1, 0.15) is 12.1 Å². The molecule has 0 atom stereocenters. The largest absolute Gasteiger partial charge is 0.485 e. The molecule has 3 amide bonds. The molecule has 2 aromatic rings. The minimum absolute atomic E-state index is 0.0525. The molecular formula is C21H20F4N2O3. The molecule has 9 heteroatoms. The molecule has 0 aromatic heterocycles. The molecular weight excluding hydrogens is 404 g/mol. The highest BCUT2D eigenvalue weighted by molar-refractivity contribution is 6.12. The Morgan fingerprint density at radius 2 is 1.63 bits per heavy atom. The first-order valence-corrected chi connectivity index (χ1v) is 9.12. The van der Waals surface area contributed by atoms with Crippen LogP contribution in [0.25, 0.3) is 0 Å². The number of carbonyl (C=O) groups excluding carboxylic acids is 2. The molecule has 1 saturated heterocycles. The molecule has 1 fully saturated rings. The Hall–Kier alpha value is -3.10. The van der Waals surface area contributed by atoms with Gasteiger partial charge in [0.25, 0.3) is 5.91 Å². The maximum absolute atomic E-state index is 14.3. The van der Waals surface area contributed by atoms with Gasteiger partial charge >= 0.3 is 12.2 Å². The molecule has 1 aliphatic heterocycles. The normalized spacial score (nSPS) is 15.2. The number of amides is 3. The van der Waals surface area contributed by atoms with Gasteiger partial charge in [0.15, 0.2) is 11.6 Å². The summed E-state index contributed by atoms with van der Waals surface area (Å²) in [5, 5.41) is 0. The molecule has 1 aliphatic rings. The topological polar surface area (TPSA) is 49.9 Å². The van der Waals surface area contributed by atoms with E-state index in [4.69, 9.17) is 4.74 Å². The van der Waals surface area contributed by atoms with E-state index in [-0.39, 0.29) is 24.5 Å². The lowest BCUT2D eigenvalue weighted by Crippen LogP contribution is -2.32. The van der Waals surface area contributed by atoms with Crippen molar-refractivity contribution >= 4 is 17.6 Å². The number of nitrogens with zero attached hydrogens (tertiary/aromatic N) is 2. The predicted molar refractivity (Wildman–Crippen MR) is 102 cm³/mol. The molecule has 0 spiro atoms. The molecule has 0 radical (unpaired) electrons. The van der Waals surface area contributed by atoms with Crippen LogP contribution in [0.2, 0.25) is 0 Å². The second kappa shape index (κ2) is 7.62. The van der Waals surface area contributed by atoms with Gasteiger partial charge in [0.2, 0.25) is 0 Å². The average molecular weight is 424 g/mol. The van der Waals surface area contributed by atoms with E-state index in [0.717, 1.165) is 34.1 Å². The number of imide groups is 1. The molecule has 0 aliphatic carbocycles. The van der Waals surface area contributed by atoms with Gasteiger partial charge in [0.05, 0.1) is 12.1 Å². The molecule has 0 saturated carbocycles. The Bertz CT molecular complexity index is 966. The summed E-state index contributed by atoms with van der Waals surface area (Å²) in [5.41, 5.74) is -0.895. The van der Waals surface area contributed by atoms with Crippen molar-refractivity contribution in [1.29, 1.82) is 0 Å². The molecule has 0 bridgehead atoms. The van der Waals surface area contributed by atoms with Gasteiger partial charge in [-0.05, 0) is 62.7 Å². The zero-order chi connectivity index (χ0) is 22.3. The third-order valence-electron chi connectivity index (χ3n) is 4.32. The number of carbonyl (C=O) groups is 2. The summed E-state index contributed by atoms with van der Waals surface area (Å²) in [6, 6.07) is 7.43. The highest BCUT2D eigenvalue weighted by Crippen LogP contribution is 2.32. The average Bonchev–Trinajstić information content (AvgIpc) is 2.90. The number of halogens is 4. The zero-order valence-corrected chi connectivity index (χ0v) is 16.6. The molecule has 160 valence electrons. The summed E-state index contributed by atoms with van der Waals surface area (Å²) < 4.78 is 57.9. The Kier molecular flexibility index (Phi) is 5.49. The van der Waals surface area contributed by atoms with Gasteiger partial charge in [-0.15, -0.1) is 0 Å². The van der Waals surface area contributed by atoms with Crippen LogP contribution >= 0.6 is 0 Å². The lowest BCUT2D eigenvalue weighted by Gasteiger charge is -2.22. The Morgan fingerprint density at radius 3 is 2.17 bits per heavy atom. The highest BCUT2D eigenvalue weighted by Gasteiger charge is 2.37. The fourth-order valence-electron chi connectivity index (χ4n) is 2.97. The van der Waals surface area contributed by atoms with Crippen molar-refractivity contribution in [1.82, 2.24) is 4.90 Å². The highest BCUT2D eigenvalue weighted by atomic mass is 19.4. The van der Waals surface area contributed by atoms with Crippen molar-refractivity contribution in [2.24, 2.45) is 0 Å². The number of anilines is 1. The SMILES string of the molecule is CC(C)(C)Oc1ccc(CN2C(=O)CN(c3ccc(C(F)(F)F)cc3)C2=O)cc1F. The summed E-state index contributed by atoms with van der Waals surface area (Å²) >= 11 is 0. The van der Waals surface area contributed by atoms with Crippen LogP contribution in [-0.4, -0.2) is 29.0 Å². The van der Waals surface area contributed by atoms with Crippen molar-refractivity contribution in [2.45, 2.75) is 39.1 Å². The molecule has 3 rings (SSSR count). The van der Waals surface area contributed by atoms with Crippen LogP contribution < -0.4 is 9.64 Å². The van der Waals surface area contributed by atoms with E-state index in [0.29, 0.717) is 5.56 Å². The standard InChI is InChI=1S/C21H20F4N2O3/c1-20(2,3)30-17-9-4-13(10-16(17)22)11-27-18(28)12-26(19(27)29)15-7-5-14(6-8-15)21(23,24)25/h4-10H,11-12H2,1-3H3. The van der Waals surface area contributed by atoms with Crippen LogP contribution in [0.5, 0.6) is 5.75 Å². The number of rotatable bonds is 4. The minimum atomic E-state index is -4.50. The maximum Gasteiger partial charge on any atom is 0.416 e. The second-order valence-electron chi connectivity index (χ2n) is 7.87. The zero-order valence-electron chi connectivity index (χ0n) is 16.6. The van der Waals surface area contributed by atoms with Crippen LogP contribution in [0.1, 0.15) is 31.9 Å². The number of benzene rings is 2. The predicted octanol–water partition coefficient (Wildman–Crippen LogP) is 4.99. The molecule has 0 unspecified atom stereocenters. The van der Waals surface area contributed by atoms with Crippen molar-refractivity contribution in [2.75, 3.05) is 11.4 Å². The van der Waals surface area contributed by atoms with Crippen molar-refractivity contribution < 1.29 is 31.9 Å². The lowest BCUT2D eigenvalue weighted by atomic mass is 10.1. The van der Waals surface area contributed by atoms with Crippen LogP contribution in [0.4, 0.5) is 28.0 Å². The first-order valence-electron chi connectivity index (χ1n) is 9.12. The molecule has 0 N–H and O–H groups in total. The Morgan fingerprint density at radius 1 is 1.00 bits per heavy atom. The summed E-state index contributed by atoms with van der Waals surface area (Å²) in [4.78, 5) is 26.9. The van der Waals surface area contributed by atoms with Gasteiger partial charge in [0, 0.05) is 5.69 Å². The number of hydrogen-bond donors (Lipinski definition) is 0. The fraction of sp³-hybridized carbons (Fsp3) is 0.333. The van der Waals surface area contributed by atoms with E-state index in [9.17, 15) is 27.2 Å². The van der Waals surface area contributed by atoms with E-state index in [1.807, 2.05) is 0 Å². The molecule has 30 heavy (non-hydrogen) atoms. The quantitative estimate of drug-likeness (QED) is 0.513. The van der Waals surface area contributed by atoms with Gasteiger partial charge in [-0.2, -0.15) is 13.2 Å². The number of ether oxygens (including phenoxy) is 1. The monoisotopic (exact) mass is 424 g/mol. The summed E-state index contributed by atoms with van der Waals surface area (Å²) in [5.74, 6) is -1.10. The number of alkyl halides is 3. The van der Waals surface area contributed by atoms with Crippen LogP contribution in [-0.2, 0) is 17.5 Å². The second-order valence-corrected chi connectivity index (χ2v) is 7.87. The van der Waals surface area contributed by atoms with E-state index in [1.54, 1.807) is 26.8 Å². The van der Waals surface area contributed by atoms with Crippen molar-refractivity contribution in [3.63, 3.8) is 0 Å². The lowest BCUT2D eigenvalue weighted by molar-refractivity contribution is -0.137. The summed E-state index contributed by atoms with van der Waals surface area (Å²) in [6.45, 7) is 4.85. The third kappa shape index (κ3) is 4.72. The van der Waals surface area contributed by atoms with E-state index in [1.165, 1.54) is 12.1 Å². The molecule has 1 heterocycles.